The predicted molar refractivity (Wildman–Crippen MR) is 81.2 cm³/mol. The maximum atomic E-state index is 12.0. The van der Waals surface area contributed by atoms with E-state index in [2.05, 4.69) is 26.1 Å². The fourth-order valence-corrected chi connectivity index (χ4v) is 2.94. The zero-order valence-corrected chi connectivity index (χ0v) is 12.9. The first-order valence-corrected chi connectivity index (χ1v) is 7.43. The maximum Gasteiger partial charge on any atom is 0.242 e. The van der Waals surface area contributed by atoms with Crippen LogP contribution in [0.4, 0.5) is 5.69 Å². The van der Waals surface area contributed by atoms with Crippen LogP contribution < -0.4 is 16.0 Å². The lowest BCUT2D eigenvalue weighted by atomic mass is 10.0. The average molecular weight is 326 g/mol. The molecule has 4 nitrogen and oxygen atoms in total. The molecule has 1 heterocycles. The first kappa shape index (κ1) is 14.3. The number of carbonyl (C=O) groups excluding carboxylic acids is 1. The molecule has 1 saturated heterocycles. The van der Waals surface area contributed by atoms with E-state index in [1.807, 2.05) is 32.0 Å². The van der Waals surface area contributed by atoms with Crippen molar-refractivity contribution >= 4 is 27.5 Å². The molecule has 1 fully saturated rings. The van der Waals surface area contributed by atoms with E-state index in [0.717, 1.165) is 28.7 Å². The van der Waals surface area contributed by atoms with E-state index in [9.17, 15) is 4.79 Å². The van der Waals surface area contributed by atoms with Crippen LogP contribution in [-0.4, -0.2) is 25.0 Å². The number of benzene rings is 1. The highest BCUT2D eigenvalue weighted by Gasteiger charge is 2.29. The summed E-state index contributed by atoms with van der Waals surface area (Å²) in [4.78, 5) is 14.1. The van der Waals surface area contributed by atoms with Crippen LogP contribution in [0.25, 0.3) is 0 Å². The monoisotopic (exact) mass is 325 g/mol. The summed E-state index contributed by atoms with van der Waals surface area (Å²) in [7, 11) is 0. The Kier molecular flexibility index (Phi) is 4.47. The minimum Gasteiger partial charge on any atom is -0.357 e. The Morgan fingerprint density at radius 2 is 2.32 bits per heavy atom. The van der Waals surface area contributed by atoms with Gasteiger partial charge < -0.3 is 16.0 Å². The number of piperazine rings is 1. The van der Waals surface area contributed by atoms with Gasteiger partial charge in [-0.15, -0.1) is 0 Å². The zero-order valence-electron chi connectivity index (χ0n) is 11.3. The molecule has 1 aliphatic heterocycles. The molecule has 2 unspecified atom stereocenters. The molecule has 0 radical (unpaired) electrons. The largest absolute Gasteiger partial charge is 0.357 e. The van der Waals surface area contributed by atoms with Crippen LogP contribution in [0.15, 0.2) is 22.7 Å². The Bertz CT molecular complexity index is 476. The smallest absolute Gasteiger partial charge is 0.242 e. The van der Waals surface area contributed by atoms with Gasteiger partial charge in [0, 0.05) is 29.3 Å². The molecule has 2 atom stereocenters. The molecule has 1 amide bonds. The molecule has 1 aliphatic rings. The lowest BCUT2D eigenvalue weighted by Crippen LogP contribution is -2.55. The molecule has 0 bridgehead atoms. The Morgan fingerprint density at radius 1 is 1.58 bits per heavy atom. The van der Waals surface area contributed by atoms with Crippen LogP contribution >= 0.6 is 15.9 Å². The lowest BCUT2D eigenvalue weighted by molar-refractivity contribution is -0.123. The first-order valence-electron chi connectivity index (χ1n) is 6.64. The molecule has 0 aromatic heterocycles. The van der Waals surface area contributed by atoms with Crippen molar-refractivity contribution in [2.75, 3.05) is 18.0 Å². The third-order valence-corrected chi connectivity index (χ3v) is 4.00. The van der Waals surface area contributed by atoms with Crippen molar-refractivity contribution < 1.29 is 4.79 Å². The van der Waals surface area contributed by atoms with E-state index in [-0.39, 0.29) is 18.0 Å². The van der Waals surface area contributed by atoms with Crippen molar-refractivity contribution in [3.8, 4) is 0 Å². The second-order valence-electron chi connectivity index (χ2n) is 4.90. The summed E-state index contributed by atoms with van der Waals surface area (Å²) in [6, 6.07) is 5.92. The third kappa shape index (κ3) is 2.92. The number of halogens is 1. The van der Waals surface area contributed by atoms with Gasteiger partial charge in [0.1, 0.15) is 6.04 Å². The molecule has 5 heteroatoms. The molecule has 19 heavy (non-hydrogen) atoms. The topological polar surface area (TPSA) is 58.4 Å². The lowest BCUT2D eigenvalue weighted by Gasteiger charge is -2.38. The Hall–Kier alpha value is -1.07. The van der Waals surface area contributed by atoms with E-state index in [4.69, 9.17) is 5.73 Å². The number of rotatable bonds is 3. The van der Waals surface area contributed by atoms with E-state index < -0.39 is 0 Å². The normalized spacial score (nSPS) is 21.2. The van der Waals surface area contributed by atoms with Crippen LogP contribution in [0.3, 0.4) is 0 Å². The number of nitrogens with zero attached hydrogens (tertiary/aromatic N) is 1. The molecule has 1 aromatic rings. The molecule has 0 spiro atoms. The molecular formula is C14H20BrN3O. The number of hydrogen-bond donors (Lipinski definition) is 2. The molecule has 0 saturated carbocycles. The number of nitrogens with one attached hydrogen (secondary N) is 1. The zero-order chi connectivity index (χ0) is 14.0. The summed E-state index contributed by atoms with van der Waals surface area (Å²) >= 11 is 3.48. The summed E-state index contributed by atoms with van der Waals surface area (Å²) in [6.45, 7) is 5.51. The quantitative estimate of drug-likeness (QED) is 0.895. The molecular weight excluding hydrogens is 306 g/mol. The van der Waals surface area contributed by atoms with Crippen LogP contribution in [0.5, 0.6) is 0 Å². The summed E-state index contributed by atoms with van der Waals surface area (Å²) in [5, 5.41) is 2.92. The third-order valence-electron chi connectivity index (χ3n) is 3.51. The fourth-order valence-electron chi connectivity index (χ4n) is 2.56. The van der Waals surface area contributed by atoms with Crippen molar-refractivity contribution in [2.24, 2.45) is 5.73 Å². The van der Waals surface area contributed by atoms with Crippen LogP contribution in [-0.2, 0) is 4.79 Å². The standard InChI is InChI=1S/C14H20BrN3O/c1-3-12-14(19)17-6-7-18(12)13-5-4-10(15)8-11(13)9(2)16/h4-5,8-9,12H,3,6-7,16H2,1-2H3,(H,17,19). The van der Waals surface area contributed by atoms with Crippen molar-refractivity contribution in [1.82, 2.24) is 5.32 Å². The summed E-state index contributed by atoms with van der Waals surface area (Å²) < 4.78 is 1.01. The van der Waals surface area contributed by atoms with Crippen molar-refractivity contribution in [1.29, 1.82) is 0 Å². The van der Waals surface area contributed by atoms with Gasteiger partial charge in [0.05, 0.1) is 0 Å². The number of hydrogen-bond acceptors (Lipinski definition) is 3. The van der Waals surface area contributed by atoms with Crippen LogP contribution in [0.2, 0.25) is 0 Å². The van der Waals surface area contributed by atoms with Crippen molar-refractivity contribution in [2.45, 2.75) is 32.4 Å². The second-order valence-corrected chi connectivity index (χ2v) is 5.82. The number of nitrogens with two attached hydrogens (primary N) is 1. The Balaban J connectivity index is 2.42. The van der Waals surface area contributed by atoms with Gasteiger partial charge in [0.2, 0.25) is 5.91 Å². The van der Waals surface area contributed by atoms with E-state index in [1.54, 1.807) is 0 Å². The van der Waals surface area contributed by atoms with Gasteiger partial charge in [-0.2, -0.15) is 0 Å². The van der Waals surface area contributed by atoms with E-state index in [0.29, 0.717) is 6.54 Å². The molecule has 0 aliphatic carbocycles. The van der Waals surface area contributed by atoms with E-state index in [1.165, 1.54) is 0 Å². The molecule has 1 aromatic carbocycles. The van der Waals surface area contributed by atoms with Crippen LogP contribution in [0, 0.1) is 0 Å². The first-order chi connectivity index (χ1) is 9.04. The minimum absolute atomic E-state index is 0.0602. The van der Waals surface area contributed by atoms with Crippen LogP contribution in [0.1, 0.15) is 31.9 Å². The van der Waals surface area contributed by atoms with Crippen molar-refractivity contribution in [3.63, 3.8) is 0 Å². The number of carbonyl (C=O) groups is 1. The highest BCUT2D eigenvalue weighted by molar-refractivity contribution is 9.10. The summed E-state index contributed by atoms with van der Waals surface area (Å²) in [6.07, 6.45) is 0.792. The highest BCUT2D eigenvalue weighted by Crippen LogP contribution is 2.31. The second kappa shape index (κ2) is 5.92. The molecule has 2 rings (SSSR count). The predicted octanol–water partition coefficient (Wildman–Crippen LogP) is 2.18. The number of amides is 1. The Morgan fingerprint density at radius 3 is 2.95 bits per heavy atom. The van der Waals surface area contributed by atoms with Gasteiger partial charge in [-0.05, 0) is 37.1 Å². The van der Waals surface area contributed by atoms with E-state index >= 15 is 0 Å². The fraction of sp³-hybridized carbons (Fsp3) is 0.500. The van der Waals surface area contributed by atoms with Gasteiger partial charge in [0.25, 0.3) is 0 Å². The maximum absolute atomic E-state index is 12.0. The van der Waals surface area contributed by atoms with Gasteiger partial charge in [-0.25, -0.2) is 0 Å². The van der Waals surface area contributed by atoms with Gasteiger partial charge in [-0.1, -0.05) is 22.9 Å². The minimum atomic E-state index is -0.104. The molecule has 3 N–H and O–H groups in total. The summed E-state index contributed by atoms with van der Waals surface area (Å²) in [5.41, 5.74) is 8.20. The van der Waals surface area contributed by atoms with Crippen molar-refractivity contribution in [3.05, 3.63) is 28.2 Å². The average Bonchev–Trinajstić information content (AvgIpc) is 2.38. The van der Waals surface area contributed by atoms with Gasteiger partial charge in [-0.3, -0.25) is 4.79 Å². The molecule has 104 valence electrons. The van der Waals surface area contributed by atoms with Gasteiger partial charge in [0.15, 0.2) is 0 Å². The highest BCUT2D eigenvalue weighted by atomic mass is 79.9. The SMILES string of the molecule is CCC1C(=O)NCCN1c1ccc(Br)cc1C(C)N. The van der Waals surface area contributed by atoms with Gasteiger partial charge >= 0.3 is 0 Å². The Labute approximate surface area is 122 Å². The number of anilines is 1. The summed E-state index contributed by atoms with van der Waals surface area (Å²) in [5.74, 6) is 0.104.